The number of carbonyl (C=O) groups excluding carboxylic acids is 1. The Morgan fingerprint density at radius 1 is 1.10 bits per heavy atom. The van der Waals surface area contributed by atoms with E-state index in [9.17, 15) is 14.4 Å². The molecule has 0 radical (unpaired) electrons. The van der Waals surface area contributed by atoms with Gasteiger partial charge in [0, 0.05) is 17.9 Å². The molecular weight excluding hydrogens is 379 g/mol. The molecule has 0 saturated carbocycles. The number of amides is 1. The Labute approximate surface area is 178 Å². The fourth-order valence-electron chi connectivity index (χ4n) is 3.01. The van der Waals surface area contributed by atoms with Gasteiger partial charge in [-0.1, -0.05) is 0 Å². The molecule has 2 rings (SSSR count). The van der Waals surface area contributed by atoms with Crippen LogP contribution in [-0.2, 0) is 5.41 Å². The van der Waals surface area contributed by atoms with Crippen LogP contribution in [0.5, 0.6) is 0 Å². The number of halogens is 1. The Hall–Kier alpha value is -2.91. The number of nitrogens with one attached hydrogen (secondary N) is 2. The van der Waals surface area contributed by atoms with Gasteiger partial charge in [-0.05, 0) is 102 Å². The van der Waals surface area contributed by atoms with E-state index >= 15 is 0 Å². The highest BCUT2D eigenvalue weighted by Crippen LogP contribution is 2.29. The van der Waals surface area contributed by atoms with Gasteiger partial charge >= 0.3 is 0 Å². The first-order valence-corrected chi connectivity index (χ1v) is 10.1. The second kappa shape index (κ2) is 9.73. The standard InChI is InChI=1S/C24H31FN4O/c1-16-10-21(22(25)11-17(16)2)23(30)28-20-13-18(24(3,4)15-26)12-19(14-20)27-8-7-9-29(5)6/h10-14,27H,7-9H2,1-6H3,(H,28,30). The molecule has 30 heavy (non-hydrogen) atoms. The van der Waals surface area contributed by atoms with Crippen molar-refractivity contribution in [1.29, 1.82) is 5.26 Å². The predicted octanol–water partition coefficient (Wildman–Crippen LogP) is 4.86. The van der Waals surface area contributed by atoms with Crippen molar-refractivity contribution in [2.45, 2.75) is 39.5 Å². The van der Waals surface area contributed by atoms with Crippen molar-refractivity contribution in [1.82, 2.24) is 4.90 Å². The number of hydrogen-bond acceptors (Lipinski definition) is 4. The normalized spacial score (nSPS) is 11.3. The molecule has 0 aliphatic heterocycles. The molecule has 5 nitrogen and oxygen atoms in total. The number of benzene rings is 2. The molecule has 0 unspecified atom stereocenters. The molecule has 0 aromatic heterocycles. The summed E-state index contributed by atoms with van der Waals surface area (Å²) in [5, 5.41) is 15.7. The summed E-state index contributed by atoms with van der Waals surface area (Å²) >= 11 is 0. The zero-order valence-electron chi connectivity index (χ0n) is 18.7. The van der Waals surface area contributed by atoms with Crippen molar-refractivity contribution < 1.29 is 9.18 Å². The van der Waals surface area contributed by atoms with Crippen LogP contribution >= 0.6 is 0 Å². The maximum Gasteiger partial charge on any atom is 0.258 e. The van der Waals surface area contributed by atoms with E-state index in [1.165, 1.54) is 6.07 Å². The first kappa shape index (κ1) is 23.4. The van der Waals surface area contributed by atoms with E-state index < -0.39 is 17.1 Å². The maximum absolute atomic E-state index is 14.3. The Morgan fingerprint density at radius 2 is 1.73 bits per heavy atom. The first-order chi connectivity index (χ1) is 14.0. The van der Waals surface area contributed by atoms with Crippen molar-refractivity contribution in [3.05, 3.63) is 58.4 Å². The van der Waals surface area contributed by atoms with Crippen molar-refractivity contribution in [2.24, 2.45) is 0 Å². The fraction of sp³-hybridized carbons (Fsp3) is 0.417. The number of rotatable bonds is 8. The molecular formula is C24H31FN4O. The van der Waals surface area contributed by atoms with Crippen molar-refractivity contribution in [2.75, 3.05) is 37.8 Å². The lowest BCUT2D eigenvalue weighted by molar-refractivity contribution is 0.102. The van der Waals surface area contributed by atoms with E-state index in [0.717, 1.165) is 41.9 Å². The third-order valence-electron chi connectivity index (χ3n) is 5.13. The molecule has 0 aliphatic rings. The van der Waals surface area contributed by atoms with E-state index in [1.54, 1.807) is 12.1 Å². The molecule has 0 fully saturated rings. The highest BCUT2D eigenvalue weighted by Gasteiger charge is 2.22. The average Bonchev–Trinajstić information content (AvgIpc) is 2.67. The van der Waals surface area contributed by atoms with E-state index in [4.69, 9.17) is 0 Å². The van der Waals surface area contributed by atoms with Crippen LogP contribution in [0, 0.1) is 31.0 Å². The van der Waals surface area contributed by atoms with Gasteiger partial charge in [-0.15, -0.1) is 0 Å². The highest BCUT2D eigenvalue weighted by atomic mass is 19.1. The number of anilines is 2. The third kappa shape index (κ3) is 6.04. The van der Waals surface area contributed by atoms with Crippen LogP contribution in [0.3, 0.4) is 0 Å². The minimum atomic E-state index is -0.730. The van der Waals surface area contributed by atoms with Gasteiger partial charge in [0.05, 0.1) is 17.0 Å². The van der Waals surface area contributed by atoms with Crippen LogP contribution in [-0.4, -0.2) is 38.0 Å². The quantitative estimate of drug-likeness (QED) is 0.610. The summed E-state index contributed by atoms with van der Waals surface area (Å²) in [7, 11) is 4.05. The van der Waals surface area contributed by atoms with Crippen molar-refractivity contribution in [3.63, 3.8) is 0 Å². The predicted molar refractivity (Wildman–Crippen MR) is 121 cm³/mol. The molecule has 2 aromatic rings. The Kier molecular flexibility index (Phi) is 7.58. The van der Waals surface area contributed by atoms with Gasteiger partial charge in [-0.25, -0.2) is 4.39 Å². The van der Waals surface area contributed by atoms with Crippen LogP contribution in [0.15, 0.2) is 30.3 Å². The van der Waals surface area contributed by atoms with Crippen LogP contribution in [0.2, 0.25) is 0 Å². The smallest absolute Gasteiger partial charge is 0.258 e. The second-order valence-corrected chi connectivity index (χ2v) is 8.49. The van der Waals surface area contributed by atoms with Gasteiger partial charge in [-0.3, -0.25) is 4.79 Å². The number of nitrogens with zero attached hydrogens (tertiary/aromatic N) is 2. The summed E-state index contributed by atoms with van der Waals surface area (Å²) < 4.78 is 14.3. The van der Waals surface area contributed by atoms with E-state index in [1.807, 2.05) is 53.9 Å². The number of nitriles is 1. The lowest BCUT2D eigenvalue weighted by Crippen LogP contribution is -2.19. The summed E-state index contributed by atoms with van der Waals surface area (Å²) in [5.41, 5.74) is 3.03. The first-order valence-electron chi connectivity index (χ1n) is 10.1. The van der Waals surface area contributed by atoms with E-state index in [-0.39, 0.29) is 5.56 Å². The molecule has 0 heterocycles. The highest BCUT2D eigenvalue weighted by molar-refractivity contribution is 6.05. The van der Waals surface area contributed by atoms with Gasteiger partial charge < -0.3 is 15.5 Å². The summed E-state index contributed by atoms with van der Waals surface area (Å²) in [6.07, 6.45) is 0.953. The molecule has 1 amide bonds. The summed E-state index contributed by atoms with van der Waals surface area (Å²) in [6, 6.07) is 10.7. The molecule has 2 aromatic carbocycles. The van der Waals surface area contributed by atoms with Crippen LogP contribution in [0.25, 0.3) is 0 Å². The lowest BCUT2D eigenvalue weighted by atomic mass is 9.86. The summed E-state index contributed by atoms with van der Waals surface area (Å²) in [5.74, 6) is -1.06. The molecule has 0 bridgehead atoms. The largest absolute Gasteiger partial charge is 0.385 e. The zero-order chi connectivity index (χ0) is 22.5. The monoisotopic (exact) mass is 410 g/mol. The molecule has 2 N–H and O–H groups in total. The third-order valence-corrected chi connectivity index (χ3v) is 5.13. The minimum absolute atomic E-state index is 0.00328. The fourth-order valence-corrected chi connectivity index (χ4v) is 3.01. The van der Waals surface area contributed by atoms with Gasteiger partial charge in [0.15, 0.2) is 0 Å². The SMILES string of the molecule is Cc1cc(F)c(C(=O)Nc2cc(NCCCN(C)C)cc(C(C)(C)C#N)c2)cc1C. The summed E-state index contributed by atoms with van der Waals surface area (Å²) in [6.45, 7) is 9.01. The lowest BCUT2D eigenvalue weighted by Gasteiger charge is -2.20. The Bertz CT molecular complexity index is 960. The van der Waals surface area contributed by atoms with Gasteiger partial charge in [0.25, 0.3) is 5.91 Å². The number of aryl methyl sites for hydroxylation is 2. The van der Waals surface area contributed by atoms with Crippen molar-refractivity contribution in [3.8, 4) is 6.07 Å². The maximum atomic E-state index is 14.3. The molecule has 0 saturated heterocycles. The van der Waals surface area contributed by atoms with E-state index in [2.05, 4.69) is 21.6 Å². The zero-order valence-corrected chi connectivity index (χ0v) is 18.7. The summed E-state index contributed by atoms with van der Waals surface area (Å²) in [4.78, 5) is 14.8. The van der Waals surface area contributed by atoms with Gasteiger partial charge in [0.2, 0.25) is 0 Å². The molecule has 0 atom stereocenters. The molecule has 0 spiro atoms. The van der Waals surface area contributed by atoms with Gasteiger partial charge in [-0.2, -0.15) is 5.26 Å². The van der Waals surface area contributed by atoms with Crippen LogP contribution < -0.4 is 10.6 Å². The molecule has 6 heteroatoms. The Morgan fingerprint density at radius 3 is 2.37 bits per heavy atom. The topological polar surface area (TPSA) is 68.2 Å². The Balaban J connectivity index is 2.30. The van der Waals surface area contributed by atoms with Crippen LogP contribution in [0.1, 0.15) is 47.3 Å². The minimum Gasteiger partial charge on any atom is -0.385 e. The second-order valence-electron chi connectivity index (χ2n) is 8.49. The van der Waals surface area contributed by atoms with Gasteiger partial charge in [0.1, 0.15) is 5.82 Å². The van der Waals surface area contributed by atoms with Crippen molar-refractivity contribution >= 4 is 17.3 Å². The van der Waals surface area contributed by atoms with E-state index in [0.29, 0.717) is 5.69 Å². The number of carbonyl (C=O) groups is 1. The number of hydrogen-bond donors (Lipinski definition) is 2. The average molecular weight is 411 g/mol. The molecule has 160 valence electrons. The van der Waals surface area contributed by atoms with Crippen LogP contribution in [0.4, 0.5) is 15.8 Å². The molecule has 0 aliphatic carbocycles.